The van der Waals surface area contributed by atoms with Crippen molar-refractivity contribution in [3.63, 3.8) is 0 Å². The maximum Gasteiger partial charge on any atom is 0.0622 e. The van der Waals surface area contributed by atoms with Gasteiger partial charge in [-0.15, -0.1) is 0 Å². The summed E-state index contributed by atoms with van der Waals surface area (Å²) in [6.45, 7) is 0. The quantitative estimate of drug-likeness (QED) is 0.687. The minimum atomic E-state index is 0.226. The van der Waals surface area contributed by atoms with Crippen LogP contribution in [0.1, 0.15) is 17.2 Å². The molecule has 0 bridgehead atoms. The second-order valence-corrected chi connectivity index (χ2v) is 6.66. The normalized spacial score (nSPS) is 12.4. The highest BCUT2D eigenvalue weighted by Gasteiger charge is 2.15. The molecule has 100 valence electrons. The van der Waals surface area contributed by atoms with Crippen LogP contribution in [0.4, 0.5) is 0 Å². The molecule has 5 heteroatoms. The molecule has 0 radical (unpaired) electrons. The van der Waals surface area contributed by atoms with Crippen LogP contribution in [0.5, 0.6) is 0 Å². The molecule has 1 aromatic carbocycles. The molecule has 1 heterocycles. The maximum atomic E-state index is 6.18. The summed E-state index contributed by atoms with van der Waals surface area (Å²) in [6, 6.07) is 8.51. The molecule has 19 heavy (non-hydrogen) atoms. The van der Waals surface area contributed by atoms with Gasteiger partial charge in [0, 0.05) is 26.5 Å². The smallest absolute Gasteiger partial charge is 0.0622 e. The zero-order chi connectivity index (χ0) is 13.8. The van der Waals surface area contributed by atoms with E-state index in [0.29, 0.717) is 5.02 Å². The molecule has 2 aromatic rings. The van der Waals surface area contributed by atoms with E-state index < -0.39 is 0 Å². The van der Waals surface area contributed by atoms with E-state index in [2.05, 4.69) is 67.0 Å². The Bertz CT molecular complexity index is 577. The van der Waals surface area contributed by atoms with Crippen LogP contribution in [-0.4, -0.2) is 12.0 Å². The lowest BCUT2D eigenvalue weighted by molar-refractivity contribution is 0.589. The molecule has 0 amide bonds. The van der Waals surface area contributed by atoms with Crippen LogP contribution in [0.2, 0.25) is 5.02 Å². The van der Waals surface area contributed by atoms with Crippen molar-refractivity contribution < 1.29 is 0 Å². The molecule has 1 unspecified atom stereocenters. The van der Waals surface area contributed by atoms with Gasteiger partial charge in [0.2, 0.25) is 0 Å². The molecular formula is C14H13BrClIN2. The van der Waals surface area contributed by atoms with Gasteiger partial charge >= 0.3 is 0 Å². The Hall–Kier alpha value is -0.170. The number of likely N-dealkylation sites (N-methyl/N-ethyl adjacent to an activating group) is 1. The number of nitrogens with zero attached hydrogens (tertiary/aromatic N) is 1. The molecule has 1 aromatic heterocycles. The van der Waals surface area contributed by atoms with Crippen molar-refractivity contribution in [3.8, 4) is 0 Å². The van der Waals surface area contributed by atoms with Gasteiger partial charge in [-0.25, -0.2) is 0 Å². The Balaban J connectivity index is 2.30. The number of halogens is 3. The van der Waals surface area contributed by atoms with Crippen molar-refractivity contribution in [1.82, 2.24) is 10.3 Å². The summed E-state index contributed by atoms with van der Waals surface area (Å²) >= 11 is 12.1. The molecule has 0 aliphatic carbocycles. The minimum Gasteiger partial charge on any atom is -0.313 e. The van der Waals surface area contributed by atoms with Crippen molar-refractivity contribution in [2.75, 3.05) is 7.05 Å². The van der Waals surface area contributed by atoms with Crippen molar-refractivity contribution in [1.29, 1.82) is 0 Å². The number of benzene rings is 1. The van der Waals surface area contributed by atoms with E-state index in [4.69, 9.17) is 11.6 Å². The summed E-state index contributed by atoms with van der Waals surface area (Å²) in [5.74, 6) is 0. The van der Waals surface area contributed by atoms with Gasteiger partial charge in [0.25, 0.3) is 0 Å². The highest BCUT2D eigenvalue weighted by atomic mass is 127. The summed E-state index contributed by atoms with van der Waals surface area (Å²) in [7, 11) is 1.97. The zero-order valence-corrected chi connectivity index (χ0v) is 14.8. The molecule has 0 spiro atoms. The van der Waals surface area contributed by atoms with Gasteiger partial charge in [-0.1, -0.05) is 27.5 Å². The van der Waals surface area contributed by atoms with Crippen molar-refractivity contribution in [3.05, 3.63) is 60.9 Å². The van der Waals surface area contributed by atoms with Crippen LogP contribution in [0, 0.1) is 3.57 Å². The molecule has 2 nitrogen and oxygen atoms in total. The SMILES string of the molecule is CNC(Cc1ccncc1Cl)c1cc(Br)ccc1I. The average molecular weight is 452 g/mol. The fourth-order valence-corrected chi connectivity index (χ4v) is 3.23. The first-order valence-corrected chi connectivity index (χ1v) is 8.07. The number of hydrogen-bond donors (Lipinski definition) is 1. The van der Waals surface area contributed by atoms with Crippen molar-refractivity contribution >= 4 is 50.1 Å². The molecule has 0 fully saturated rings. The van der Waals surface area contributed by atoms with E-state index >= 15 is 0 Å². The molecule has 1 N–H and O–H groups in total. The first-order valence-electron chi connectivity index (χ1n) is 5.82. The number of hydrogen-bond acceptors (Lipinski definition) is 2. The van der Waals surface area contributed by atoms with E-state index in [0.717, 1.165) is 16.5 Å². The van der Waals surface area contributed by atoms with Crippen LogP contribution >= 0.6 is 50.1 Å². The van der Waals surface area contributed by atoms with Gasteiger partial charge < -0.3 is 5.32 Å². The third kappa shape index (κ3) is 3.90. The largest absolute Gasteiger partial charge is 0.313 e. The summed E-state index contributed by atoms with van der Waals surface area (Å²) in [5.41, 5.74) is 2.37. The third-order valence-corrected chi connectivity index (χ3v) is 4.78. The molecule has 0 aliphatic rings. The minimum absolute atomic E-state index is 0.226. The van der Waals surface area contributed by atoms with Crippen molar-refractivity contribution in [2.45, 2.75) is 12.5 Å². The summed E-state index contributed by atoms with van der Waals surface area (Å²) < 4.78 is 2.33. The fourth-order valence-electron chi connectivity index (χ4n) is 1.94. The molecule has 0 saturated carbocycles. The second kappa shape index (κ2) is 7.02. The number of rotatable bonds is 4. The average Bonchev–Trinajstić information content (AvgIpc) is 2.41. The predicted molar refractivity (Wildman–Crippen MR) is 91.6 cm³/mol. The fraction of sp³-hybridized carbons (Fsp3) is 0.214. The van der Waals surface area contributed by atoms with Gasteiger partial charge in [-0.05, 0) is 71.5 Å². The van der Waals surface area contributed by atoms with Crippen LogP contribution in [0.15, 0.2) is 41.1 Å². The lowest BCUT2D eigenvalue weighted by Gasteiger charge is -2.19. The molecule has 0 saturated heterocycles. The number of nitrogens with one attached hydrogen (secondary N) is 1. The van der Waals surface area contributed by atoms with Crippen LogP contribution in [0.3, 0.4) is 0 Å². The molecule has 1 atom stereocenters. The standard InChI is InChI=1S/C14H13BrClIN2/c1-18-14(6-9-4-5-19-8-12(9)16)11-7-10(15)2-3-13(11)17/h2-5,7-8,14,18H,6H2,1H3. The first-order chi connectivity index (χ1) is 9.11. The monoisotopic (exact) mass is 450 g/mol. The van der Waals surface area contributed by atoms with Gasteiger partial charge in [-0.3, -0.25) is 4.98 Å². The Morgan fingerprint density at radius 1 is 1.42 bits per heavy atom. The summed E-state index contributed by atoms with van der Waals surface area (Å²) in [5, 5.41) is 4.07. The van der Waals surface area contributed by atoms with Gasteiger partial charge in [-0.2, -0.15) is 0 Å². The van der Waals surface area contributed by atoms with E-state index in [1.807, 2.05) is 13.1 Å². The maximum absolute atomic E-state index is 6.18. The van der Waals surface area contributed by atoms with Crippen molar-refractivity contribution in [2.24, 2.45) is 0 Å². The number of pyridine rings is 1. The Morgan fingerprint density at radius 2 is 2.21 bits per heavy atom. The van der Waals surface area contributed by atoms with E-state index in [-0.39, 0.29) is 6.04 Å². The Kier molecular flexibility index (Phi) is 5.62. The lowest BCUT2D eigenvalue weighted by atomic mass is 10.00. The van der Waals surface area contributed by atoms with Gasteiger partial charge in [0.15, 0.2) is 0 Å². The van der Waals surface area contributed by atoms with Crippen LogP contribution < -0.4 is 5.32 Å². The molecule has 0 aliphatic heterocycles. The Morgan fingerprint density at radius 3 is 2.89 bits per heavy atom. The first kappa shape index (κ1) is 15.2. The molecule has 2 rings (SSSR count). The topological polar surface area (TPSA) is 24.9 Å². The zero-order valence-electron chi connectivity index (χ0n) is 10.3. The van der Waals surface area contributed by atoms with E-state index in [1.54, 1.807) is 12.4 Å². The predicted octanol–water partition coefficient (Wildman–Crippen LogP) is 4.61. The third-order valence-electron chi connectivity index (χ3n) is 2.96. The highest BCUT2D eigenvalue weighted by molar-refractivity contribution is 14.1. The van der Waals surface area contributed by atoms with Crippen LogP contribution in [0.25, 0.3) is 0 Å². The number of aromatic nitrogens is 1. The second-order valence-electron chi connectivity index (χ2n) is 4.18. The summed E-state index contributed by atoms with van der Waals surface area (Å²) in [4.78, 5) is 4.02. The van der Waals surface area contributed by atoms with Crippen LogP contribution in [-0.2, 0) is 6.42 Å². The summed E-state index contributed by atoms with van der Waals surface area (Å²) in [6.07, 6.45) is 4.31. The van der Waals surface area contributed by atoms with E-state index in [9.17, 15) is 0 Å². The van der Waals surface area contributed by atoms with E-state index in [1.165, 1.54) is 9.13 Å². The Labute approximate surface area is 140 Å². The molecular weight excluding hydrogens is 438 g/mol. The van der Waals surface area contributed by atoms with Gasteiger partial charge in [0.1, 0.15) is 0 Å². The van der Waals surface area contributed by atoms with Gasteiger partial charge in [0.05, 0.1) is 5.02 Å². The highest BCUT2D eigenvalue weighted by Crippen LogP contribution is 2.28. The lowest BCUT2D eigenvalue weighted by Crippen LogP contribution is -2.20.